The number of nitrogens with one attached hydrogen (secondary N) is 2. The number of hydrogen-bond acceptors (Lipinski definition) is 6. The van der Waals surface area contributed by atoms with Crippen molar-refractivity contribution in [1.29, 1.82) is 0 Å². The maximum Gasteiger partial charge on any atom is 0.141 e. The number of aromatic nitrogens is 3. The summed E-state index contributed by atoms with van der Waals surface area (Å²) >= 11 is 0. The lowest BCUT2D eigenvalue weighted by atomic mass is 10.1. The number of anilines is 1. The average molecular weight is 418 g/mol. The third kappa shape index (κ3) is 4.59. The number of hydrogen-bond donors (Lipinski definition) is 3. The Labute approximate surface area is 181 Å². The van der Waals surface area contributed by atoms with Crippen LogP contribution in [0.5, 0.6) is 5.75 Å². The summed E-state index contributed by atoms with van der Waals surface area (Å²) in [5.74, 6) is 2.63. The van der Waals surface area contributed by atoms with E-state index in [0.717, 1.165) is 59.9 Å². The minimum absolute atomic E-state index is 0.302. The van der Waals surface area contributed by atoms with E-state index in [9.17, 15) is 0 Å². The van der Waals surface area contributed by atoms with Crippen molar-refractivity contribution in [3.8, 4) is 5.75 Å². The Morgan fingerprint density at radius 3 is 2.77 bits per heavy atom. The van der Waals surface area contributed by atoms with Crippen molar-refractivity contribution >= 4 is 33.8 Å². The van der Waals surface area contributed by atoms with Gasteiger partial charge >= 0.3 is 0 Å². The quantitative estimate of drug-likeness (QED) is 0.421. The van der Waals surface area contributed by atoms with Gasteiger partial charge in [-0.25, -0.2) is 15.0 Å². The molecule has 4 rings (SSSR count). The van der Waals surface area contributed by atoms with Gasteiger partial charge in [0.05, 0.1) is 23.7 Å². The SMILES string of the molecule is C=C(C(N)=N/C=C(\C)c1ccc(N2CCNCC2)nc1)c1nc2ccc(OC)cc2[nH]1. The highest BCUT2D eigenvalue weighted by Gasteiger charge is 2.12. The molecule has 0 saturated carbocycles. The van der Waals surface area contributed by atoms with Crippen LogP contribution in [0, 0.1) is 0 Å². The zero-order valence-electron chi connectivity index (χ0n) is 17.9. The van der Waals surface area contributed by atoms with Crippen LogP contribution in [0.4, 0.5) is 5.82 Å². The summed E-state index contributed by atoms with van der Waals surface area (Å²) in [4.78, 5) is 19.0. The molecule has 1 saturated heterocycles. The van der Waals surface area contributed by atoms with Crippen LogP contribution < -0.4 is 20.7 Å². The summed E-state index contributed by atoms with van der Waals surface area (Å²) in [7, 11) is 1.63. The smallest absolute Gasteiger partial charge is 0.141 e. The zero-order chi connectivity index (χ0) is 21.8. The molecule has 0 aliphatic carbocycles. The van der Waals surface area contributed by atoms with Gasteiger partial charge in [0.2, 0.25) is 0 Å². The first-order chi connectivity index (χ1) is 15.0. The molecule has 1 aliphatic heterocycles. The fourth-order valence-electron chi connectivity index (χ4n) is 3.40. The minimum Gasteiger partial charge on any atom is -0.497 e. The van der Waals surface area contributed by atoms with Gasteiger partial charge in [-0.15, -0.1) is 0 Å². The number of nitrogens with zero attached hydrogens (tertiary/aromatic N) is 4. The van der Waals surface area contributed by atoms with E-state index < -0.39 is 0 Å². The number of fused-ring (bicyclic) bond motifs is 1. The van der Waals surface area contributed by atoms with Crippen LogP contribution in [0.15, 0.2) is 54.3 Å². The van der Waals surface area contributed by atoms with Crippen molar-refractivity contribution in [2.24, 2.45) is 10.7 Å². The van der Waals surface area contributed by atoms with Gasteiger partial charge in [-0.2, -0.15) is 0 Å². The van der Waals surface area contributed by atoms with Crippen molar-refractivity contribution in [2.45, 2.75) is 6.92 Å². The zero-order valence-corrected chi connectivity index (χ0v) is 17.9. The molecule has 1 fully saturated rings. The Balaban J connectivity index is 1.47. The van der Waals surface area contributed by atoms with Gasteiger partial charge in [0.1, 0.15) is 23.2 Å². The molecule has 0 spiro atoms. The Morgan fingerprint density at radius 1 is 1.26 bits per heavy atom. The Bertz CT molecular complexity index is 1140. The number of ether oxygens (including phenoxy) is 1. The lowest BCUT2D eigenvalue weighted by Gasteiger charge is -2.28. The van der Waals surface area contributed by atoms with Gasteiger partial charge in [0, 0.05) is 44.6 Å². The average Bonchev–Trinajstić information content (AvgIpc) is 3.25. The lowest BCUT2D eigenvalue weighted by Crippen LogP contribution is -2.43. The molecule has 8 nitrogen and oxygen atoms in total. The fraction of sp³-hybridized carbons (Fsp3) is 0.261. The number of benzene rings is 1. The van der Waals surface area contributed by atoms with E-state index in [2.05, 4.69) is 42.8 Å². The van der Waals surface area contributed by atoms with Crippen LogP contribution in [-0.4, -0.2) is 54.1 Å². The van der Waals surface area contributed by atoms with Crippen LogP contribution in [0.1, 0.15) is 18.3 Å². The Kier molecular flexibility index (Phi) is 5.99. The van der Waals surface area contributed by atoms with E-state index in [1.54, 1.807) is 13.3 Å². The number of rotatable bonds is 6. The molecule has 0 radical (unpaired) electrons. The van der Waals surface area contributed by atoms with Crippen molar-refractivity contribution in [3.63, 3.8) is 0 Å². The summed E-state index contributed by atoms with van der Waals surface area (Å²) in [6.07, 6.45) is 3.60. The first kappa shape index (κ1) is 20.6. The van der Waals surface area contributed by atoms with Crippen LogP contribution in [0.2, 0.25) is 0 Å². The summed E-state index contributed by atoms with van der Waals surface area (Å²) in [5, 5.41) is 3.35. The molecule has 0 unspecified atom stereocenters. The van der Waals surface area contributed by atoms with Crippen LogP contribution >= 0.6 is 0 Å². The molecular weight excluding hydrogens is 390 g/mol. The van der Waals surface area contributed by atoms with Gasteiger partial charge in [0.15, 0.2) is 0 Å². The Morgan fingerprint density at radius 2 is 2.06 bits per heavy atom. The number of amidine groups is 1. The van der Waals surface area contributed by atoms with Crippen molar-refractivity contribution in [3.05, 3.63) is 60.7 Å². The molecule has 0 bridgehead atoms. The highest BCUT2D eigenvalue weighted by Crippen LogP contribution is 2.22. The molecule has 1 aromatic carbocycles. The van der Waals surface area contributed by atoms with E-state index in [1.807, 2.05) is 37.4 Å². The van der Waals surface area contributed by atoms with E-state index in [4.69, 9.17) is 10.5 Å². The topological polar surface area (TPSA) is 104 Å². The first-order valence-electron chi connectivity index (χ1n) is 10.2. The van der Waals surface area contributed by atoms with Gasteiger partial charge < -0.3 is 25.7 Å². The second kappa shape index (κ2) is 9.01. The highest BCUT2D eigenvalue weighted by atomic mass is 16.5. The second-order valence-electron chi connectivity index (χ2n) is 7.42. The minimum atomic E-state index is 0.302. The number of piperazine rings is 1. The lowest BCUT2D eigenvalue weighted by molar-refractivity contribution is 0.415. The van der Waals surface area contributed by atoms with Gasteiger partial charge in [-0.1, -0.05) is 6.58 Å². The van der Waals surface area contributed by atoms with Crippen LogP contribution in [0.25, 0.3) is 22.2 Å². The largest absolute Gasteiger partial charge is 0.497 e. The van der Waals surface area contributed by atoms with Gasteiger partial charge in [0.25, 0.3) is 0 Å². The normalized spacial score (nSPS) is 15.4. The van der Waals surface area contributed by atoms with Crippen LogP contribution in [-0.2, 0) is 0 Å². The second-order valence-corrected chi connectivity index (χ2v) is 7.42. The first-order valence-corrected chi connectivity index (χ1v) is 10.2. The highest BCUT2D eigenvalue weighted by molar-refractivity contribution is 6.20. The predicted octanol–water partition coefficient (Wildman–Crippen LogP) is 2.81. The van der Waals surface area contributed by atoms with Gasteiger partial charge in [-0.3, -0.25) is 0 Å². The number of aliphatic imine (C=N–C) groups is 1. The Hall–Kier alpha value is -3.65. The standard InChI is InChI=1S/C23H27N7O/c1-15(17-4-7-21(26-14-17)30-10-8-25-9-11-30)13-27-22(24)16(2)23-28-19-6-5-18(31-3)12-20(19)29-23/h4-7,12-14,25H,2,8-11H2,1,3H3,(H2,24,27)(H,28,29)/b15-13+. The number of aromatic amines is 1. The van der Waals surface area contributed by atoms with Crippen LogP contribution in [0.3, 0.4) is 0 Å². The summed E-state index contributed by atoms with van der Waals surface area (Å²) in [5.41, 5.74) is 10.3. The fourth-order valence-corrected chi connectivity index (χ4v) is 3.40. The monoisotopic (exact) mass is 417 g/mol. The number of imidazole rings is 1. The molecule has 8 heteroatoms. The van der Waals surface area contributed by atoms with E-state index in [-0.39, 0.29) is 0 Å². The van der Waals surface area contributed by atoms with Crippen molar-refractivity contribution < 1.29 is 4.74 Å². The molecule has 3 heterocycles. The molecular formula is C23H27N7O. The molecule has 2 aromatic heterocycles. The molecule has 0 atom stereocenters. The number of methoxy groups -OCH3 is 1. The maximum atomic E-state index is 6.17. The van der Waals surface area contributed by atoms with Crippen molar-refractivity contribution in [1.82, 2.24) is 20.3 Å². The third-order valence-corrected chi connectivity index (χ3v) is 5.33. The molecule has 4 N–H and O–H groups in total. The van der Waals surface area contributed by atoms with Crippen molar-refractivity contribution in [2.75, 3.05) is 38.2 Å². The van der Waals surface area contributed by atoms with Gasteiger partial charge in [-0.05, 0) is 42.3 Å². The molecule has 3 aromatic rings. The maximum absolute atomic E-state index is 6.17. The van der Waals surface area contributed by atoms with E-state index in [0.29, 0.717) is 17.2 Å². The summed E-state index contributed by atoms with van der Waals surface area (Å²) in [6, 6.07) is 9.74. The molecule has 1 aliphatic rings. The molecule has 160 valence electrons. The van der Waals surface area contributed by atoms with E-state index in [1.165, 1.54) is 0 Å². The molecule has 31 heavy (non-hydrogen) atoms. The number of H-pyrrole nitrogens is 1. The van der Waals surface area contributed by atoms with E-state index >= 15 is 0 Å². The molecule has 0 amide bonds. The number of pyridine rings is 1. The number of nitrogens with two attached hydrogens (primary N) is 1. The summed E-state index contributed by atoms with van der Waals surface area (Å²) in [6.45, 7) is 9.94. The number of allylic oxidation sites excluding steroid dienone is 1. The predicted molar refractivity (Wildman–Crippen MR) is 126 cm³/mol. The third-order valence-electron chi connectivity index (χ3n) is 5.33. The summed E-state index contributed by atoms with van der Waals surface area (Å²) < 4.78 is 5.25.